The van der Waals surface area contributed by atoms with Crippen LogP contribution in [0.3, 0.4) is 0 Å². The lowest BCUT2D eigenvalue weighted by molar-refractivity contribution is 0.0857. The fourth-order valence-corrected chi connectivity index (χ4v) is 4.00. The van der Waals surface area contributed by atoms with Gasteiger partial charge in [0, 0.05) is 22.9 Å². The molecule has 1 atom stereocenters. The van der Waals surface area contributed by atoms with Crippen LogP contribution in [0.1, 0.15) is 34.9 Å². The highest BCUT2D eigenvalue weighted by molar-refractivity contribution is 6.13. The van der Waals surface area contributed by atoms with Gasteiger partial charge in [0.1, 0.15) is 5.71 Å². The molecular weight excluding hydrogens is 344 g/mol. The third kappa shape index (κ3) is 2.71. The third-order valence-corrected chi connectivity index (χ3v) is 5.70. The van der Waals surface area contributed by atoms with E-state index in [0.29, 0.717) is 0 Å². The number of aromatic amines is 1. The van der Waals surface area contributed by atoms with Crippen LogP contribution >= 0.6 is 0 Å². The number of benzene rings is 3. The Labute approximate surface area is 164 Å². The number of aromatic nitrogens is 1. The molecule has 1 aromatic heterocycles. The minimum absolute atomic E-state index is 0.0333. The zero-order chi connectivity index (χ0) is 19.1. The fraction of sp³-hybridized carbons (Fsp3) is 0.160. The Hall–Kier alpha value is -3.33. The number of rotatable bonds is 3. The van der Waals surface area contributed by atoms with Crippen molar-refractivity contribution in [1.82, 2.24) is 4.98 Å². The van der Waals surface area contributed by atoms with Gasteiger partial charge in [-0.3, -0.25) is 0 Å². The predicted octanol–water partition coefficient (Wildman–Crippen LogP) is 6.32. The number of nitrogens with one attached hydrogen (secondary N) is 1. The van der Waals surface area contributed by atoms with Gasteiger partial charge in [0.2, 0.25) is 0 Å². The number of hydrogen-bond acceptors (Lipinski definition) is 2. The van der Waals surface area contributed by atoms with Crippen LogP contribution in [0, 0.1) is 13.8 Å². The van der Waals surface area contributed by atoms with E-state index in [4.69, 9.17) is 4.84 Å². The molecule has 3 heteroatoms. The number of H-pyrrole nitrogens is 1. The SMILES string of the molecule is Cc1ccc2c(-c3ccccc3)c(C3=NOC(c4ccccc4)C3)[nH]c2c1C. The van der Waals surface area contributed by atoms with E-state index in [2.05, 4.69) is 78.6 Å². The van der Waals surface area contributed by atoms with Crippen LogP contribution in [0.2, 0.25) is 0 Å². The summed E-state index contributed by atoms with van der Waals surface area (Å²) in [5.74, 6) is 0. The Bertz CT molecular complexity index is 1170. The maximum atomic E-state index is 5.81. The zero-order valence-electron chi connectivity index (χ0n) is 16.1. The summed E-state index contributed by atoms with van der Waals surface area (Å²) in [6, 6.07) is 25.2. The Kier molecular flexibility index (Phi) is 4.01. The Balaban J connectivity index is 1.64. The number of oxime groups is 1. The van der Waals surface area contributed by atoms with Gasteiger partial charge in [-0.2, -0.15) is 0 Å². The summed E-state index contributed by atoms with van der Waals surface area (Å²) >= 11 is 0. The van der Waals surface area contributed by atoms with Crippen molar-refractivity contribution in [3.63, 3.8) is 0 Å². The quantitative estimate of drug-likeness (QED) is 0.453. The van der Waals surface area contributed by atoms with E-state index in [1.807, 2.05) is 18.2 Å². The van der Waals surface area contributed by atoms with Crippen molar-refractivity contribution in [2.45, 2.75) is 26.4 Å². The molecule has 1 unspecified atom stereocenters. The van der Waals surface area contributed by atoms with Gasteiger partial charge in [-0.05, 0) is 36.1 Å². The normalized spacial score (nSPS) is 16.2. The summed E-state index contributed by atoms with van der Waals surface area (Å²) in [5, 5.41) is 5.71. The molecule has 0 spiro atoms. The molecule has 138 valence electrons. The highest BCUT2D eigenvalue weighted by Crippen LogP contribution is 2.38. The van der Waals surface area contributed by atoms with Gasteiger partial charge in [-0.25, -0.2) is 0 Å². The minimum Gasteiger partial charge on any atom is -0.387 e. The predicted molar refractivity (Wildman–Crippen MR) is 115 cm³/mol. The summed E-state index contributed by atoms with van der Waals surface area (Å²) in [7, 11) is 0. The summed E-state index contributed by atoms with van der Waals surface area (Å²) in [6.07, 6.45) is 0.725. The van der Waals surface area contributed by atoms with Gasteiger partial charge >= 0.3 is 0 Å². The van der Waals surface area contributed by atoms with Gasteiger partial charge in [0.05, 0.1) is 5.69 Å². The summed E-state index contributed by atoms with van der Waals surface area (Å²) in [4.78, 5) is 9.49. The summed E-state index contributed by atoms with van der Waals surface area (Å²) in [5.41, 5.74) is 9.33. The second kappa shape index (κ2) is 6.68. The second-order valence-corrected chi connectivity index (χ2v) is 7.42. The lowest BCUT2D eigenvalue weighted by Gasteiger charge is -2.08. The molecular formula is C25H22N2O. The number of nitrogens with zero attached hydrogens (tertiary/aromatic N) is 1. The van der Waals surface area contributed by atoms with E-state index in [9.17, 15) is 0 Å². The largest absolute Gasteiger partial charge is 0.387 e. The Morgan fingerprint density at radius 1 is 0.893 bits per heavy atom. The van der Waals surface area contributed by atoms with Gasteiger partial charge in [-0.15, -0.1) is 0 Å². The first-order valence-corrected chi connectivity index (χ1v) is 9.67. The van der Waals surface area contributed by atoms with E-state index in [1.54, 1.807) is 0 Å². The molecule has 0 fully saturated rings. The standard InChI is InChI=1S/C25H22N2O/c1-16-13-14-20-23(19-11-7-4-8-12-19)25(26-24(20)17(16)2)21-15-22(28-27-21)18-9-5-3-6-10-18/h3-14,22,26H,15H2,1-2H3. The monoisotopic (exact) mass is 366 g/mol. The van der Waals surface area contributed by atoms with Gasteiger partial charge < -0.3 is 9.82 Å². The smallest absolute Gasteiger partial charge is 0.158 e. The van der Waals surface area contributed by atoms with Crippen molar-refractivity contribution in [3.8, 4) is 11.1 Å². The average molecular weight is 366 g/mol. The van der Waals surface area contributed by atoms with Crippen molar-refractivity contribution < 1.29 is 4.84 Å². The van der Waals surface area contributed by atoms with Gasteiger partial charge in [0.25, 0.3) is 0 Å². The molecule has 0 bridgehead atoms. The lowest BCUT2D eigenvalue weighted by atomic mass is 9.96. The highest BCUT2D eigenvalue weighted by Gasteiger charge is 2.28. The molecule has 0 radical (unpaired) electrons. The summed E-state index contributed by atoms with van der Waals surface area (Å²) in [6.45, 7) is 4.32. The van der Waals surface area contributed by atoms with Crippen LogP contribution in [0.5, 0.6) is 0 Å². The lowest BCUT2D eigenvalue weighted by Crippen LogP contribution is -2.03. The van der Waals surface area contributed by atoms with Crippen molar-refractivity contribution in [2.24, 2.45) is 5.16 Å². The molecule has 0 saturated carbocycles. The minimum atomic E-state index is -0.0333. The zero-order valence-corrected chi connectivity index (χ0v) is 16.1. The molecule has 0 amide bonds. The van der Waals surface area contributed by atoms with Crippen molar-refractivity contribution in [1.29, 1.82) is 0 Å². The van der Waals surface area contributed by atoms with Crippen LogP contribution in [-0.4, -0.2) is 10.7 Å². The van der Waals surface area contributed by atoms with E-state index in [-0.39, 0.29) is 6.10 Å². The van der Waals surface area contributed by atoms with E-state index >= 15 is 0 Å². The van der Waals surface area contributed by atoms with Gasteiger partial charge in [0.15, 0.2) is 6.10 Å². The molecule has 2 heterocycles. The van der Waals surface area contributed by atoms with E-state index in [0.717, 1.165) is 23.4 Å². The van der Waals surface area contributed by atoms with Crippen LogP contribution < -0.4 is 0 Å². The highest BCUT2D eigenvalue weighted by atomic mass is 16.6. The second-order valence-electron chi connectivity index (χ2n) is 7.42. The van der Waals surface area contributed by atoms with Gasteiger partial charge in [-0.1, -0.05) is 78.0 Å². The first-order valence-electron chi connectivity index (χ1n) is 9.67. The first-order chi connectivity index (χ1) is 13.7. The first kappa shape index (κ1) is 16.8. The molecule has 5 rings (SSSR count). The number of fused-ring (bicyclic) bond motifs is 1. The molecule has 28 heavy (non-hydrogen) atoms. The maximum Gasteiger partial charge on any atom is 0.158 e. The van der Waals surface area contributed by atoms with Crippen LogP contribution in [0.25, 0.3) is 22.0 Å². The molecule has 0 saturated heterocycles. The van der Waals surface area contributed by atoms with E-state index in [1.165, 1.54) is 33.2 Å². The molecule has 1 aliphatic rings. The molecule has 1 aliphatic heterocycles. The molecule has 1 N–H and O–H groups in total. The van der Waals surface area contributed by atoms with Crippen LogP contribution in [-0.2, 0) is 4.84 Å². The molecule has 3 aromatic carbocycles. The third-order valence-electron chi connectivity index (χ3n) is 5.70. The summed E-state index contributed by atoms with van der Waals surface area (Å²) < 4.78 is 0. The average Bonchev–Trinajstić information content (AvgIpc) is 3.37. The fourth-order valence-electron chi connectivity index (χ4n) is 4.00. The maximum absolute atomic E-state index is 5.81. The number of aryl methyl sites for hydroxylation is 2. The number of hydrogen-bond donors (Lipinski definition) is 1. The van der Waals surface area contributed by atoms with Crippen molar-refractivity contribution >= 4 is 16.6 Å². The van der Waals surface area contributed by atoms with Crippen molar-refractivity contribution in [2.75, 3.05) is 0 Å². The van der Waals surface area contributed by atoms with E-state index < -0.39 is 0 Å². The Morgan fingerprint density at radius 2 is 1.61 bits per heavy atom. The topological polar surface area (TPSA) is 37.4 Å². The molecule has 0 aliphatic carbocycles. The van der Waals surface area contributed by atoms with Crippen LogP contribution in [0.4, 0.5) is 0 Å². The Morgan fingerprint density at radius 3 is 2.36 bits per heavy atom. The van der Waals surface area contributed by atoms with Crippen LogP contribution in [0.15, 0.2) is 78.0 Å². The molecule has 3 nitrogen and oxygen atoms in total. The van der Waals surface area contributed by atoms with Crippen molar-refractivity contribution in [3.05, 3.63) is 95.2 Å². The molecule has 4 aromatic rings.